The molecular weight excluding hydrogens is 218 g/mol. The Morgan fingerprint density at radius 3 is 2.65 bits per heavy atom. The first-order valence-electron chi connectivity index (χ1n) is 6.00. The Labute approximate surface area is 100 Å². The van der Waals surface area contributed by atoms with Crippen LogP contribution in [0.15, 0.2) is 6.07 Å². The number of nitrogens with zero attached hydrogens (tertiary/aromatic N) is 2. The average molecular weight is 235 g/mol. The zero-order valence-corrected chi connectivity index (χ0v) is 9.94. The van der Waals surface area contributed by atoms with Crippen LogP contribution in [-0.2, 0) is 0 Å². The summed E-state index contributed by atoms with van der Waals surface area (Å²) in [6.45, 7) is 0. The number of nitrogens with one attached hydrogen (secondary N) is 1. The van der Waals surface area contributed by atoms with Gasteiger partial charge in [-0.3, -0.25) is 0 Å². The SMILES string of the molecule is CNc1cc(C(=O)O)nc(C2CCCCC2)n1. The van der Waals surface area contributed by atoms with E-state index < -0.39 is 5.97 Å². The van der Waals surface area contributed by atoms with Crippen molar-refractivity contribution in [2.45, 2.75) is 38.0 Å². The maximum atomic E-state index is 11.0. The third-order valence-corrected chi connectivity index (χ3v) is 3.19. The van der Waals surface area contributed by atoms with Crippen molar-refractivity contribution in [1.29, 1.82) is 0 Å². The number of aromatic nitrogens is 2. The van der Waals surface area contributed by atoms with Gasteiger partial charge in [-0.25, -0.2) is 14.8 Å². The van der Waals surface area contributed by atoms with Gasteiger partial charge in [0.25, 0.3) is 0 Å². The molecule has 1 aromatic rings. The molecule has 0 aromatic carbocycles. The fourth-order valence-corrected chi connectivity index (χ4v) is 2.25. The molecule has 0 aliphatic heterocycles. The lowest BCUT2D eigenvalue weighted by molar-refractivity contribution is 0.0689. The minimum absolute atomic E-state index is 0.0740. The molecule has 92 valence electrons. The van der Waals surface area contributed by atoms with E-state index in [1.165, 1.54) is 25.3 Å². The summed E-state index contributed by atoms with van der Waals surface area (Å²) in [6, 6.07) is 1.47. The first-order valence-corrected chi connectivity index (χ1v) is 6.00. The summed E-state index contributed by atoms with van der Waals surface area (Å²) in [6.07, 6.45) is 5.74. The van der Waals surface area contributed by atoms with Gasteiger partial charge in [0.2, 0.25) is 0 Å². The molecule has 1 aliphatic rings. The van der Waals surface area contributed by atoms with E-state index in [1.807, 2.05) is 0 Å². The molecule has 5 heteroatoms. The number of carbonyl (C=O) groups is 1. The standard InChI is InChI=1S/C12H17N3O2/c1-13-10-7-9(12(16)17)14-11(15-10)8-5-3-2-4-6-8/h7-8H,2-6H2,1H3,(H,16,17)(H,13,14,15). The molecule has 2 N–H and O–H groups in total. The minimum Gasteiger partial charge on any atom is -0.477 e. The summed E-state index contributed by atoms with van der Waals surface area (Å²) < 4.78 is 0. The van der Waals surface area contributed by atoms with Crippen LogP contribution in [0.4, 0.5) is 5.82 Å². The van der Waals surface area contributed by atoms with Gasteiger partial charge in [-0.15, -0.1) is 0 Å². The molecular formula is C12H17N3O2. The van der Waals surface area contributed by atoms with Crippen LogP contribution in [0.5, 0.6) is 0 Å². The molecule has 17 heavy (non-hydrogen) atoms. The molecule has 1 aliphatic carbocycles. The third kappa shape index (κ3) is 2.72. The molecule has 2 rings (SSSR count). The number of hydrogen-bond donors (Lipinski definition) is 2. The predicted octanol–water partition coefficient (Wildman–Crippen LogP) is 2.26. The second-order valence-corrected chi connectivity index (χ2v) is 4.39. The minimum atomic E-state index is -0.999. The van der Waals surface area contributed by atoms with Crippen molar-refractivity contribution < 1.29 is 9.90 Å². The monoisotopic (exact) mass is 235 g/mol. The van der Waals surface area contributed by atoms with E-state index in [2.05, 4.69) is 15.3 Å². The molecule has 0 radical (unpaired) electrons. The average Bonchev–Trinajstić information content (AvgIpc) is 2.39. The summed E-state index contributed by atoms with van der Waals surface area (Å²) in [5.41, 5.74) is 0.0740. The Hall–Kier alpha value is -1.65. The fraction of sp³-hybridized carbons (Fsp3) is 0.583. The second-order valence-electron chi connectivity index (χ2n) is 4.39. The van der Waals surface area contributed by atoms with Crippen molar-refractivity contribution in [1.82, 2.24) is 9.97 Å². The molecule has 0 unspecified atom stereocenters. The number of anilines is 1. The van der Waals surface area contributed by atoms with Gasteiger partial charge in [0.1, 0.15) is 11.6 Å². The molecule has 1 aromatic heterocycles. The Kier molecular flexibility index (Phi) is 3.56. The van der Waals surface area contributed by atoms with E-state index in [1.54, 1.807) is 7.05 Å². The van der Waals surface area contributed by atoms with Crippen LogP contribution in [0.3, 0.4) is 0 Å². The molecule has 0 amide bonds. The van der Waals surface area contributed by atoms with Crippen LogP contribution >= 0.6 is 0 Å². The summed E-state index contributed by atoms with van der Waals surface area (Å²) in [7, 11) is 1.73. The highest BCUT2D eigenvalue weighted by atomic mass is 16.4. The molecule has 1 heterocycles. The van der Waals surface area contributed by atoms with Gasteiger partial charge in [0.05, 0.1) is 0 Å². The second kappa shape index (κ2) is 5.12. The van der Waals surface area contributed by atoms with Gasteiger partial charge in [0.15, 0.2) is 5.69 Å². The summed E-state index contributed by atoms with van der Waals surface area (Å²) in [4.78, 5) is 19.5. The Morgan fingerprint density at radius 2 is 2.06 bits per heavy atom. The fourth-order valence-electron chi connectivity index (χ4n) is 2.25. The first-order chi connectivity index (χ1) is 8.20. The van der Waals surface area contributed by atoms with Gasteiger partial charge >= 0.3 is 5.97 Å². The van der Waals surface area contributed by atoms with Gasteiger partial charge in [0, 0.05) is 19.0 Å². The topological polar surface area (TPSA) is 75.1 Å². The number of carboxylic acids is 1. The predicted molar refractivity (Wildman–Crippen MR) is 64.4 cm³/mol. The lowest BCUT2D eigenvalue weighted by Gasteiger charge is -2.20. The largest absolute Gasteiger partial charge is 0.477 e. The van der Waals surface area contributed by atoms with Gasteiger partial charge in [-0.2, -0.15) is 0 Å². The third-order valence-electron chi connectivity index (χ3n) is 3.19. The zero-order chi connectivity index (χ0) is 12.3. The van der Waals surface area contributed by atoms with Crippen LogP contribution < -0.4 is 5.32 Å². The van der Waals surface area contributed by atoms with Crippen molar-refractivity contribution in [3.05, 3.63) is 17.6 Å². The van der Waals surface area contributed by atoms with Crippen LogP contribution in [0.25, 0.3) is 0 Å². The molecule has 0 atom stereocenters. The number of rotatable bonds is 3. The number of hydrogen-bond acceptors (Lipinski definition) is 4. The molecule has 0 saturated heterocycles. The van der Waals surface area contributed by atoms with Crippen molar-refractivity contribution in [3.8, 4) is 0 Å². The summed E-state index contributed by atoms with van der Waals surface area (Å²) in [5.74, 6) is 0.572. The van der Waals surface area contributed by atoms with Crippen LogP contribution in [0.1, 0.15) is 54.3 Å². The molecule has 1 fully saturated rings. The van der Waals surface area contributed by atoms with E-state index in [4.69, 9.17) is 5.11 Å². The lowest BCUT2D eigenvalue weighted by Crippen LogP contribution is -2.13. The van der Waals surface area contributed by atoms with E-state index in [-0.39, 0.29) is 5.69 Å². The Balaban J connectivity index is 2.31. The van der Waals surface area contributed by atoms with Gasteiger partial charge in [-0.1, -0.05) is 19.3 Å². The van der Waals surface area contributed by atoms with E-state index in [0.717, 1.165) is 12.8 Å². The van der Waals surface area contributed by atoms with Crippen LogP contribution in [0.2, 0.25) is 0 Å². The normalized spacial score (nSPS) is 16.8. The highest BCUT2D eigenvalue weighted by Crippen LogP contribution is 2.31. The lowest BCUT2D eigenvalue weighted by atomic mass is 9.88. The Morgan fingerprint density at radius 1 is 1.35 bits per heavy atom. The van der Waals surface area contributed by atoms with E-state index in [9.17, 15) is 4.79 Å². The quantitative estimate of drug-likeness (QED) is 0.840. The molecule has 0 spiro atoms. The van der Waals surface area contributed by atoms with Crippen molar-refractivity contribution in [2.24, 2.45) is 0 Å². The van der Waals surface area contributed by atoms with Crippen LogP contribution in [-0.4, -0.2) is 28.1 Å². The highest BCUT2D eigenvalue weighted by molar-refractivity contribution is 5.86. The maximum Gasteiger partial charge on any atom is 0.354 e. The van der Waals surface area contributed by atoms with Crippen molar-refractivity contribution in [3.63, 3.8) is 0 Å². The van der Waals surface area contributed by atoms with Crippen molar-refractivity contribution >= 4 is 11.8 Å². The maximum absolute atomic E-state index is 11.0. The zero-order valence-electron chi connectivity index (χ0n) is 9.94. The Bertz CT molecular complexity index is 414. The van der Waals surface area contributed by atoms with Gasteiger partial charge in [-0.05, 0) is 12.8 Å². The van der Waals surface area contributed by atoms with Gasteiger partial charge < -0.3 is 10.4 Å². The first kappa shape index (κ1) is 11.8. The van der Waals surface area contributed by atoms with Crippen molar-refractivity contribution in [2.75, 3.05) is 12.4 Å². The summed E-state index contributed by atoms with van der Waals surface area (Å²) in [5, 5.41) is 11.9. The number of carboxylic acid groups (broad SMARTS) is 1. The summed E-state index contributed by atoms with van der Waals surface area (Å²) >= 11 is 0. The number of aromatic carboxylic acids is 1. The molecule has 5 nitrogen and oxygen atoms in total. The smallest absolute Gasteiger partial charge is 0.354 e. The molecule has 0 bridgehead atoms. The molecule has 1 saturated carbocycles. The van der Waals surface area contributed by atoms with E-state index in [0.29, 0.717) is 17.6 Å². The highest BCUT2D eigenvalue weighted by Gasteiger charge is 2.20. The van der Waals surface area contributed by atoms with E-state index >= 15 is 0 Å². The van der Waals surface area contributed by atoms with Crippen LogP contribution in [0, 0.1) is 0 Å².